The summed E-state index contributed by atoms with van der Waals surface area (Å²) >= 11 is 3.38. The Bertz CT molecular complexity index is 579. The molecular formula is C17H19BrO3. The molecule has 0 saturated heterocycles. The zero-order chi connectivity index (χ0) is 15.2. The number of ether oxygens (including phenoxy) is 2. The first-order chi connectivity index (χ1) is 10.1. The lowest BCUT2D eigenvalue weighted by molar-refractivity contribution is 0.182. The molecule has 0 heterocycles. The Balaban J connectivity index is 1.87. The van der Waals surface area contributed by atoms with Gasteiger partial charge in [-0.05, 0) is 50.2 Å². The van der Waals surface area contributed by atoms with Crippen molar-refractivity contribution in [2.45, 2.75) is 20.0 Å². The number of halogens is 1. The van der Waals surface area contributed by atoms with Gasteiger partial charge in [0.15, 0.2) is 0 Å². The first-order valence-electron chi connectivity index (χ1n) is 6.86. The normalized spacial score (nSPS) is 12.0. The van der Waals surface area contributed by atoms with Gasteiger partial charge in [0, 0.05) is 10.0 Å². The summed E-state index contributed by atoms with van der Waals surface area (Å²) in [6, 6.07) is 13.5. The maximum absolute atomic E-state index is 9.77. The zero-order valence-corrected chi connectivity index (χ0v) is 13.8. The minimum atomic E-state index is -0.549. The van der Waals surface area contributed by atoms with E-state index in [9.17, 15) is 5.11 Å². The molecule has 0 bridgehead atoms. The molecule has 0 spiro atoms. The second kappa shape index (κ2) is 7.48. The molecular weight excluding hydrogens is 332 g/mol. The summed E-state index contributed by atoms with van der Waals surface area (Å²) in [5, 5.41) is 9.77. The van der Waals surface area contributed by atoms with Gasteiger partial charge in [0.2, 0.25) is 0 Å². The van der Waals surface area contributed by atoms with Crippen LogP contribution < -0.4 is 9.47 Å². The molecule has 2 aromatic rings. The van der Waals surface area contributed by atoms with Crippen molar-refractivity contribution in [2.75, 3.05) is 13.2 Å². The highest BCUT2D eigenvalue weighted by molar-refractivity contribution is 9.10. The lowest BCUT2D eigenvalue weighted by Gasteiger charge is -2.14. The van der Waals surface area contributed by atoms with Crippen molar-refractivity contribution in [3.63, 3.8) is 0 Å². The molecule has 0 radical (unpaired) electrons. The van der Waals surface area contributed by atoms with Gasteiger partial charge in [-0.2, -0.15) is 0 Å². The second-order valence-electron chi connectivity index (χ2n) is 4.87. The summed E-state index contributed by atoms with van der Waals surface area (Å²) in [6.45, 7) is 4.61. The Morgan fingerprint density at radius 1 is 1.05 bits per heavy atom. The Kier molecular flexibility index (Phi) is 5.65. The van der Waals surface area contributed by atoms with Gasteiger partial charge in [-0.25, -0.2) is 0 Å². The van der Waals surface area contributed by atoms with Gasteiger partial charge < -0.3 is 14.6 Å². The average Bonchev–Trinajstić information content (AvgIpc) is 2.46. The van der Waals surface area contributed by atoms with Crippen molar-refractivity contribution in [1.82, 2.24) is 0 Å². The fourth-order valence-electron chi connectivity index (χ4n) is 1.97. The van der Waals surface area contributed by atoms with Crippen LogP contribution in [0.3, 0.4) is 0 Å². The molecule has 1 N–H and O–H groups in total. The van der Waals surface area contributed by atoms with Gasteiger partial charge in [0.1, 0.15) is 24.7 Å². The first-order valence-corrected chi connectivity index (χ1v) is 7.65. The van der Waals surface area contributed by atoms with Crippen LogP contribution in [0, 0.1) is 6.92 Å². The molecule has 3 nitrogen and oxygen atoms in total. The minimum Gasteiger partial charge on any atom is -0.490 e. The van der Waals surface area contributed by atoms with Crippen LogP contribution >= 0.6 is 15.9 Å². The summed E-state index contributed by atoms with van der Waals surface area (Å²) in [4.78, 5) is 0. The first kappa shape index (κ1) is 15.9. The third kappa shape index (κ3) is 4.76. The Labute approximate surface area is 133 Å². The summed E-state index contributed by atoms with van der Waals surface area (Å²) in [6.07, 6.45) is -0.549. The second-order valence-corrected chi connectivity index (χ2v) is 5.78. The van der Waals surface area contributed by atoms with E-state index in [2.05, 4.69) is 15.9 Å². The molecule has 2 aromatic carbocycles. The number of benzene rings is 2. The van der Waals surface area contributed by atoms with Gasteiger partial charge in [-0.3, -0.25) is 0 Å². The summed E-state index contributed by atoms with van der Waals surface area (Å²) in [7, 11) is 0. The summed E-state index contributed by atoms with van der Waals surface area (Å²) in [5.41, 5.74) is 1.91. The van der Waals surface area contributed by atoms with Crippen LogP contribution in [0.1, 0.15) is 24.2 Å². The van der Waals surface area contributed by atoms with Crippen molar-refractivity contribution in [2.24, 2.45) is 0 Å². The number of aryl methyl sites for hydroxylation is 1. The van der Waals surface area contributed by atoms with Crippen LogP contribution in [-0.2, 0) is 0 Å². The fraction of sp³-hybridized carbons (Fsp3) is 0.294. The van der Waals surface area contributed by atoms with Gasteiger partial charge in [0.05, 0.1) is 6.10 Å². The molecule has 1 atom stereocenters. The molecule has 0 aliphatic carbocycles. The van der Waals surface area contributed by atoms with Crippen LogP contribution in [0.15, 0.2) is 46.9 Å². The van der Waals surface area contributed by atoms with Crippen LogP contribution in [0.5, 0.6) is 11.5 Å². The van der Waals surface area contributed by atoms with E-state index >= 15 is 0 Å². The minimum absolute atomic E-state index is 0.429. The lowest BCUT2D eigenvalue weighted by Crippen LogP contribution is -2.10. The quantitative estimate of drug-likeness (QED) is 0.790. The summed E-state index contributed by atoms with van der Waals surface area (Å²) in [5.74, 6) is 1.51. The average molecular weight is 351 g/mol. The van der Waals surface area contributed by atoms with Crippen LogP contribution in [0.25, 0.3) is 0 Å². The topological polar surface area (TPSA) is 38.7 Å². The molecule has 0 aliphatic rings. The molecule has 0 fully saturated rings. The maximum Gasteiger partial charge on any atom is 0.125 e. The maximum atomic E-state index is 9.77. The molecule has 112 valence electrons. The van der Waals surface area contributed by atoms with E-state index in [1.807, 2.05) is 49.4 Å². The van der Waals surface area contributed by atoms with E-state index in [0.29, 0.717) is 19.0 Å². The van der Waals surface area contributed by atoms with Gasteiger partial charge in [-0.1, -0.05) is 27.6 Å². The van der Waals surface area contributed by atoms with Gasteiger partial charge in [0.25, 0.3) is 0 Å². The smallest absolute Gasteiger partial charge is 0.125 e. The monoisotopic (exact) mass is 350 g/mol. The molecule has 0 saturated carbocycles. The molecule has 21 heavy (non-hydrogen) atoms. The Morgan fingerprint density at radius 2 is 1.71 bits per heavy atom. The number of aliphatic hydroxyl groups excluding tert-OH is 1. The Hall–Kier alpha value is -1.52. The van der Waals surface area contributed by atoms with Crippen molar-refractivity contribution < 1.29 is 14.6 Å². The number of aliphatic hydroxyl groups is 1. The molecule has 1 unspecified atom stereocenters. The highest BCUT2D eigenvalue weighted by Crippen LogP contribution is 2.26. The number of hydrogen-bond acceptors (Lipinski definition) is 3. The van der Waals surface area contributed by atoms with Crippen molar-refractivity contribution in [3.05, 3.63) is 58.1 Å². The summed E-state index contributed by atoms with van der Waals surface area (Å²) < 4.78 is 12.3. The van der Waals surface area contributed by atoms with E-state index in [1.54, 1.807) is 6.92 Å². The lowest BCUT2D eigenvalue weighted by atomic mass is 10.1. The standard InChI is InChI=1S/C17H19BrO3/c1-12-3-8-17(16(11-12)13(2)19)21-10-9-20-15-6-4-14(18)5-7-15/h3-8,11,13,19H,9-10H2,1-2H3. The third-order valence-corrected chi connectivity index (χ3v) is 3.57. The zero-order valence-electron chi connectivity index (χ0n) is 12.2. The van der Waals surface area contributed by atoms with Crippen LogP contribution in [0.4, 0.5) is 0 Å². The predicted molar refractivity (Wildman–Crippen MR) is 86.9 cm³/mol. The Morgan fingerprint density at radius 3 is 2.38 bits per heavy atom. The van der Waals surface area contributed by atoms with E-state index < -0.39 is 6.10 Å². The largest absolute Gasteiger partial charge is 0.490 e. The molecule has 0 amide bonds. The highest BCUT2D eigenvalue weighted by Gasteiger charge is 2.09. The molecule has 0 aromatic heterocycles. The number of rotatable bonds is 6. The van der Waals surface area contributed by atoms with E-state index in [-0.39, 0.29) is 0 Å². The SMILES string of the molecule is Cc1ccc(OCCOc2ccc(Br)cc2)c(C(C)O)c1. The van der Waals surface area contributed by atoms with E-state index in [4.69, 9.17) is 9.47 Å². The molecule has 0 aliphatic heterocycles. The van der Waals surface area contributed by atoms with Crippen LogP contribution in [0.2, 0.25) is 0 Å². The predicted octanol–water partition coefficient (Wildman–Crippen LogP) is 4.27. The molecule has 4 heteroatoms. The van der Waals surface area contributed by atoms with Crippen molar-refractivity contribution >= 4 is 15.9 Å². The van der Waals surface area contributed by atoms with Gasteiger partial charge in [-0.15, -0.1) is 0 Å². The fourth-order valence-corrected chi connectivity index (χ4v) is 2.23. The van der Waals surface area contributed by atoms with Crippen molar-refractivity contribution in [1.29, 1.82) is 0 Å². The van der Waals surface area contributed by atoms with Gasteiger partial charge >= 0.3 is 0 Å². The van der Waals surface area contributed by atoms with E-state index in [1.165, 1.54) is 0 Å². The molecule has 2 rings (SSSR count). The van der Waals surface area contributed by atoms with Crippen LogP contribution in [-0.4, -0.2) is 18.3 Å². The highest BCUT2D eigenvalue weighted by atomic mass is 79.9. The third-order valence-electron chi connectivity index (χ3n) is 3.04. The van der Waals surface area contributed by atoms with E-state index in [0.717, 1.165) is 21.3 Å². The van der Waals surface area contributed by atoms with Crippen molar-refractivity contribution in [3.8, 4) is 11.5 Å². The number of hydrogen-bond donors (Lipinski definition) is 1.